The van der Waals surface area contributed by atoms with Gasteiger partial charge in [0.2, 0.25) is 0 Å². The standard InChI is InChI=1S/C12H18N2/c1-10-4-2-5-11(8-10)14-12-6-3-7-13-9-12/h3,6-7,9-11,14H,2,4-5,8H2,1H3. The van der Waals surface area contributed by atoms with Crippen molar-refractivity contribution in [3.63, 3.8) is 0 Å². The number of nitrogens with zero attached hydrogens (tertiary/aromatic N) is 1. The number of anilines is 1. The summed E-state index contributed by atoms with van der Waals surface area (Å²) in [5.41, 5.74) is 1.16. The van der Waals surface area contributed by atoms with E-state index in [1.165, 1.54) is 25.7 Å². The van der Waals surface area contributed by atoms with Crippen LogP contribution in [-0.4, -0.2) is 11.0 Å². The van der Waals surface area contributed by atoms with E-state index in [4.69, 9.17) is 0 Å². The lowest BCUT2D eigenvalue weighted by molar-refractivity contribution is 0.358. The summed E-state index contributed by atoms with van der Waals surface area (Å²) >= 11 is 0. The number of rotatable bonds is 2. The molecule has 2 heteroatoms. The maximum absolute atomic E-state index is 4.11. The van der Waals surface area contributed by atoms with Gasteiger partial charge in [0, 0.05) is 18.4 Å². The third kappa shape index (κ3) is 2.47. The van der Waals surface area contributed by atoms with Gasteiger partial charge >= 0.3 is 0 Å². The first kappa shape index (κ1) is 9.50. The summed E-state index contributed by atoms with van der Waals surface area (Å²) in [6.45, 7) is 2.34. The molecular weight excluding hydrogens is 172 g/mol. The molecule has 1 aliphatic carbocycles. The van der Waals surface area contributed by atoms with E-state index in [1.807, 2.05) is 18.5 Å². The summed E-state index contributed by atoms with van der Waals surface area (Å²) in [6.07, 6.45) is 9.08. The fourth-order valence-electron chi connectivity index (χ4n) is 2.25. The Labute approximate surface area is 85.7 Å². The van der Waals surface area contributed by atoms with Gasteiger partial charge in [-0.25, -0.2) is 0 Å². The zero-order valence-electron chi connectivity index (χ0n) is 8.74. The van der Waals surface area contributed by atoms with Crippen LogP contribution in [0.3, 0.4) is 0 Å². The third-order valence-electron chi connectivity index (χ3n) is 2.97. The molecule has 0 aliphatic heterocycles. The highest BCUT2D eigenvalue weighted by atomic mass is 14.9. The molecule has 1 heterocycles. The lowest BCUT2D eigenvalue weighted by atomic mass is 9.87. The number of hydrogen-bond donors (Lipinski definition) is 1. The Balaban J connectivity index is 1.91. The molecule has 1 fully saturated rings. The van der Waals surface area contributed by atoms with E-state index in [-0.39, 0.29) is 0 Å². The van der Waals surface area contributed by atoms with Crippen LogP contribution in [0.5, 0.6) is 0 Å². The molecule has 2 atom stereocenters. The van der Waals surface area contributed by atoms with Crippen LogP contribution >= 0.6 is 0 Å². The van der Waals surface area contributed by atoms with Crippen molar-refractivity contribution in [3.05, 3.63) is 24.5 Å². The molecule has 2 rings (SSSR count). The maximum atomic E-state index is 4.11. The Morgan fingerprint density at radius 1 is 1.43 bits per heavy atom. The summed E-state index contributed by atoms with van der Waals surface area (Å²) in [4.78, 5) is 4.11. The first-order valence-corrected chi connectivity index (χ1v) is 5.51. The Bertz CT molecular complexity index is 271. The van der Waals surface area contributed by atoms with Crippen molar-refractivity contribution in [2.45, 2.75) is 38.6 Å². The average Bonchev–Trinajstić information content (AvgIpc) is 2.19. The Morgan fingerprint density at radius 2 is 2.36 bits per heavy atom. The van der Waals surface area contributed by atoms with E-state index in [2.05, 4.69) is 23.3 Å². The van der Waals surface area contributed by atoms with Crippen molar-refractivity contribution in [3.8, 4) is 0 Å². The molecule has 0 bridgehead atoms. The highest BCUT2D eigenvalue weighted by molar-refractivity contribution is 5.40. The SMILES string of the molecule is CC1CCCC(Nc2cccnc2)C1. The van der Waals surface area contributed by atoms with E-state index >= 15 is 0 Å². The Hall–Kier alpha value is -1.05. The summed E-state index contributed by atoms with van der Waals surface area (Å²) < 4.78 is 0. The van der Waals surface area contributed by atoms with E-state index in [9.17, 15) is 0 Å². The number of hydrogen-bond acceptors (Lipinski definition) is 2. The first-order chi connectivity index (χ1) is 6.84. The van der Waals surface area contributed by atoms with E-state index in [1.54, 1.807) is 0 Å². The quantitative estimate of drug-likeness (QED) is 0.775. The third-order valence-corrected chi connectivity index (χ3v) is 2.97. The van der Waals surface area contributed by atoms with Gasteiger partial charge in [-0.15, -0.1) is 0 Å². The molecule has 1 aromatic rings. The molecule has 1 saturated carbocycles. The summed E-state index contributed by atoms with van der Waals surface area (Å²) in [5, 5.41) is 3.55. The minimum atomic E-state index is 0.656. The van der Waals surface area contributed by atoms with Crippen molar-refractivity contribution < 1.29 is 0 Å². The van der Waals surface area contributed by atoms with E-state index in [0.29, 0.717) is 6.04 Å². The highest BCUT2D eigenvalue weighted by Crippen LogP contribution is 2.25. The number of aromatic nitrogens is 1. The van der Waals surface area contributed by atoms with Crippen LogP contribution in [-0.2, 0) is 0 Å². The Kier molecular flexibility index (Phi) is 3.02. The van der Waals surface area contributed by atoms with Gasteiger partial charge < -0.3 is 5.32 Å². The van der Waals surface area contributed by atoms with Crippen LogP contribution in [0.15, 0.2) is 24.5 Å². The molecule has 14 heavy (non-hydrogen) atoms. The normalized spacial score (nSPS) is 27.2. The van der Waals surface area contributed by atoms with E-state index in [0.717, 1.165) is 11.6 Å². The van der Waals surface area contributed by atoms with Crippen molar-refractivity contribution in [2.75, 3.05) is 5.32 Å². The number of pyridine rings is 1. The molecule has 76 valence electrons. The van der Waals surface area contributed by atoms with Crippen LogP contribution < -0.4 is 5.32 Å². The van der Waals surface area contributed by atoms with E-state index < -0.39 is 0 Å². The monoisotopic (exact) mass is 190 g/mol. The van der Waals surface area contributed by atoms with Crippen molar-refractivity contribution in [2.24, 2.45) is 5.92 Å². The second kappa shape index (κ2) is 4.45. The molecule has 1 aromatic heterocycles. The van der Waals surface area contributed by atoms with Gasteiger partial charge in [-0.05, 0) is 30.9 Å². The van der Waals surface area contributed by atoms with Gasteiger partial charge in [0.1, 0.15) is 0 Å². The smallest absolute Gasteiger partial charge is 0.0528 e. The minimum Gasteiger partial charge on any atom is -0.381 e. The first-order valence-electron chi connectivity index (χ1n) is 5.51. The second-order valence-corrected chi connectivity index (χ2v) is 4.35. The molecule has 0 aromatic carbocycles. The van der Waals surface area contributed by atoms with Crippen molar-refractivity contribution >= 4 is 5.69 Å². The highest BCUT2D eigenvalue weighted by Gasteiger charge is 2.18. The molecule has 2 unspecified atom stereocenters. The molecule has 0 saturated heterocycles. The zero-order chi connectivity index (χ0) is 9.80. The molecule has 0 radical (unpaired) electrons. The zero-order valence-corrected chi connectivity index (χ0v) is 8.74. The van der Waals surface area contributed by atoms with Gasteiger partial charge in [-0.2, -0.15) is 0 Å². The minimum absolute atomic E-state index is 0.656. The fourth-order valence-corrected chi connectivity index (χ4v) is 2.25. The fraction of sp³-hybridized carbons (Fsp3) is 0.583. The van der Waals surface area contributed by atoms with Crippen molar-refractivity contribution in [1.29, 1.82) is 0 Å². The van der Waals surface area contributed by atoms with Crippen molar-refractivity contribution in [1.82, 2.24) is 4.98 Å². The van der Waals surface area contributed by atoms with Gasteiger partial charge in [0.25, 0.3) is 0 Å². The van der Waals surface area contributed by atoms with Crippen LogP contribution in [0.2, 0.25) is 0 Å². The van der Waals surface area contributed by atoms with Crippen LogP contribution in [0.4, 0.5) is 5.69 Å². The molecular formula is C12H18N2. The molecule has 0 spiro atoms. The molecule has 1 N–H and O–H groups in total. The van der Waals surface area contributed by atoms with Gasteiger partial charge in [0.15, 0.2) is 0 Å². The topological polar surface area (TPSA) is 24.9 Å². The predicted octanol–water partition coefficient (Wildman–Crippen LogP) is 3.07. The average molecular weight is 190 g/mol. The molecule has 2 nitrogen and oxygen atoms in total. The van der Waals surface area contributed by atoms with Crippen LogP contribution in [0.1, 0.15) is 32.6 Å². The number of nitrogens with one attached hydrogen (secondary N) is 1. The summed E-state index contributed by atoms with van der Waals surface area (Å²) in [5.74, 6) is 0.873. The van der Waals surface area contributed by atoms with Gasteiger partial charge in [0.05, 0.1) is 5.69 Å². The lowest BCUT2D eigenvalue weighted by Crippen LogP contribution is -2.26. The second-order valence-electron chi connectivity index (χ2n) is 4.35. The van der Waals surface area contributed by atoms with Crippen LogP contribution in [0.25, 0.3) is 0 Å². The van der Waals surface area contributed by atoms with Gasteiger partial charge in [-0.3, -0.25) is 4.98 Å². The summed E-state index contributed by atoms with van der Waals surface area (Å²) in [6, 6.07) is 4.73. The molecule has 1 aliphatic rings. The Morgan fingerprint density at radius 3 is 3.07 bits per heavy atom. The largest absolute Gasteiger partial charge is 0.381 e. The van der Waals surface area contributed by atoms with Crippen LogP contribution in [0, 0.1) is 5.92 Å². The molecule has 0 amide bonds. The maximum Gasteiger partial charge on any atom is 0.0528 e. The van der Waals surface area contributed by atoms with Gasteiger partial charge in [-0.1, -0.05) is 19.8 Å². The summed E-state index contributed by atoms with van der Waals surface area (Å²) in [7, 11) is 0. The lowest BCUT2D eigenvalue weighted by Gasteiger charge is -2.28. The predicted molar refractivity (Wildman–Crippen MR) is 59.3 cm³/mol.